The number of nitrogens with zero attached hydrogens (tertiary/aromatic N) is 2. The molecule has 0 fully saturated rings. The molecular formula is C35H41N2O2+. The van der Waals surface area contributed by atoms with Crippen LogP contribution >= 0.6 is 0 Å². The van der Waals surface area contributed by atoms with Crippen molar-refractivity contribution in [3.05, 3.63) is 101 Å². The second kappa shape index (κ2) is 13.0. The fraction of sp³-hybridized carbons (Fsp3) is 0.400. The fourth-order valence-electron chi connectivity index (χ4n) is 5.92. The highest BCUT2D eigenvalue weighted by Crippen LogP contribution is 2.26. The van der Waals surface area contributed by atoms with Crippen LogP contribution in [0.5, 0.6) is 0 Å². The van der Waals surface area contributed by atoms with E-state index in [1.807, 2.05) is 23.0 Å². The Hall–Kier alpha value is -3.53. The minimum Gasteiger partial charge on any atom is -0.284 e. The summed E-state index contributed by atoms with van der Waals surface area (Å²) < 4.78 is 4.08. The lowest BCUT2D eigenvalue weighted by molar-refractivity contribution is -0.698. The van der Waals surface area contributed by atoms with Crippen LogP contribution in [0.15, 0.2) is 73.1 Å². The second-order valence-corrected chi connectivity index (χ2v) is 11.0. The molecule has 0 unspecified atom stereocenters. The summed E-state index contributed by atoms with van der Waals surface area (Å²) in [5, 5.41) is 2.45. The Morgan fingerprint density at radius 3 is 2.00 bits per heavy atom. The van der Waals surface area contributed by atoms with Gasteiger partial charge in [0.25, 0.3) is 0 Å². The summed E-state index contributed by atoms with van der Waals surface area (Å²) in [5.41, 5.74) is 3.39. The van der Waals surface area contributed by atoms with Crippen molar-refractivity contribution in [1.29, 1.82) is 0 Å². The molecule has 0 spiro atoms. The zero-order valence-electron chi connectivity index (χ0n) is 23.3. The standard InChI is InChI=1S/C35H41N2O2/c1-2-3-4-5-6-7-8-9-10-15-23-36-26-37(24-22-27-20-21-28-16-11-12-17-29(28)25-27)33-32(36)34(38)30-18-13-14-19-31(30)35(33)39/h11-14,16-21,25-26H,2-10,15,22-24H2,1H3/q+1. The Bertz CT molecular complexity index is 1450. The summed E-state index contributed by atoms with van der Waals surface area (Å²) in [4.78, 5) is 27.2. The molecule has 202 valence electrons. The van der Waals surface area contributed by atoms with Gasteiger partial charge in [-0.3, -0.25) is 9.59 Å². The predicted octanol–water partition coefficient (Wildman–Crippen LogP) is 7.87. The Labute approximate surface area is 232 Å². The molecule has 0 atom stereocenters. The zero-order valence-corrected chi connectivity index (χ0v) is 23.3. The van der Waals surface area contributed by atoms with E-state index in [1.54, 1.807) is 12.1 Å². The molecule has 4 nitrogen and oxygen atoms in total. The maximum absolute atomic E-state index is 13.6. The molecule has 1 heterocycles. The van der Waals surface area contributed by atoms with Crippen molar-refractivity contribution >= 4 is 22.3 Å². The SMILES string of the molecule is CCCCCCCCCCCC[n+]1cn(CCc2ccc3ccccc3c2)c2c1C(=O)c1ccccc1C2=O. The molecule has 0 N–H and O–H groups in total. The Kier molecular flexibility index (Phi) is 9.03. The lowest BCUT2D eigenvalue weighted by Gasteiger charge is -2.13. The van der Waals surface area contributed by atoms with Gasteiger partial charge < -0.3 is 0 Å². The van der Waals surface area contributed by atoms with E-state index in [0.717, 1.165) is 25.8 Å². The molecule has 5 rings (SSSR count). The van der Waals surface area contributed by atoms with Gasteiger partial charge in [-0.25, -0.2) is 9.13 Å². The van der Waals surface area contributed by atoms with Crippen molar-refractivity contribution in [2.45, 2.75) is 90.6 Å². The van der Waals surface area contributed by atoms with Crippen molar-refractivity contribution in [1.82, 2.24) is 4.57 Å². The molecule has 0 aliphatic heterocycles. The number of rotatable bonds is 14. The van der Waals surface area contributed by atoms with Gasteiger partial charge in [0.15, 0.2) is 0 Å². The molecule has 4 heteroatoms. The number of aromatic nitrogens is 2. The molecule has 1 aliphatic rings. The van der Waals surface area contributed by atoms with Crippen LogP contribution in [0.2, 0.25) is 0 Å². The first kappa shape index (κ1) is 27.1. The maximum atomic E-state index is 13.6. The van der Waals surface area contributed by atoms with E-state index in [9.17, 15) is 9.59 Å². The van der Waals surface area contributed by atoms with Gasteiger partial charge in [-0.05, 0) is 29.2 Å². The number of hydrogen-bond acceptors (Lipinski definition) is 2. The first-order valence-corrected chi connectivity index (χ1v) is 15.0. The third kappa shape index (κ3) is 6.21. The van der Waals surface area contributed by atoms with Gasteiger partial charge in [-0.2, -0.15) is 0 Å². The van der Waals surface area contributed by atoms with E-state index < -0.39 is 0 Å². The van der Waals surface area contributed by atoms with E-state index in [2.05, 4.69) is 54.0 Å². The van der Waals surface area contributed by atoms with E-state index in [4.69, 9.17) is 0 Å². The summed E-state index contributed by atoms with van der Waals surface area (Å²) in [7, 11) is 0. The highest BCUT2D eigenvalue weighted by atomic mass is 16.1. The summed E-state index contributed by atoms with van der Waals surface area (Å²) in [6.45, 7) is 3.69. The third-order valence-corrected chi connectivity index (χ3v) is 8.13. The van der Waals surface area contributed by atoms with Gasteiger partial charge in [0.05, 0.1) is 13.1 Å². The fourth-order valence-corrected chi connectivity index (χ4v) is 5.92. The Morgan fingerprint density at radius 1 is 0.667 bits per heavy atom. The van der Waals surface area contributed by atoms with Crippen molar-refractivity contribution in [2.24, 2.45) is 0 Å². The molecule has 0 radical (unpaired) electrons. The summed E-state index contributed by atoms with van der Waals surface area (Å²) in [6, 6.07) is 22.2. The lowest BCUT2D eigenvalue weighted by atomic mass is 9.90. The smallest absolute Gasteiger partial charge is 0.244 e. The summed E-state index contributed by atoms with van der Waals surface area (Å²) in [5.74, 6) is -0.0720. The van der Waals surface area contributed by atoms with Crippen LogP contribution in [0.25, 0.3) is 10.8 Å². The van der Waals surface area contributed by atoms with Gasteiger partial charge >= 0.3 is 0 Å². The minimum atomic E-state index is -0.0412. The second-order valence-electron chi connectivity index (χ2n) is 11.0. The van der Waals surface area contributed by atoms with Crippen molar-refractivity contribution in [3.8, 4) is 0 Å². The number of carbonyl (C=O) groups excluding carboxylic acids is 2. The molecule has 0 bridgehead atoms. The quantitative estimate of drug-likeness (QED) is 0.110. The van der Waals surface area contributed by atoms with Gasteiger partial charge in [0, 0.05) is 17.5 Å². The Balaban J connectivity index is 1.28. The monoisotopic (exact) mass is 521 g/mol. The zero-order chi connectivity index (χ0) is 27.0. The molecule has 4 aromatic rings. The summed E-state index contributed by atoms with van der Waals surface area (Å²) >= 11 is 0. The van der Waals surface area contributed by atoms with Gasteiger partial charge in [0.1, 0.15) is 0 Å². The number of benzene rings is 3. The largest absolute Gasteiger partial charge is 0.284 e. The molecule has 1 aromatic heterocycles. The van der Waals surface area contributed by atoms with Crippen molar-refractivity contribution in [3.63, 3.8) is 0 Å². The minimum absolute atomic E-state index is 0.0308. The van der Waals surface area contributed by atoms with Crippen LogP contribution in [0.3, 0.4) is 0 Å². The van der Waals surface area contributed by atoms with E-state index in [0.29, 0.717) is 29.1 Å². The number of aryl methyl sites for hydroxylation is 3. The average Bonchev–Trinajstić information content (AvgIpc) is 3.34. The number of ketones is 2. The number of fused-ring (bicyclic) bond motifs is 3. The van der Waals surface area contributed by atoms with Crippen molar-refractivity contribution < 1.29 is 14.2 Å². The molecule has 0 saturated carbocycles. The van der Waals surface area contributed by atoms with Crippen LogP contribution in [0.4, 0.5) is 0 Å². The third-order valence-electron chi connectivity index (χ3n) is 8.13. The lowest BCUT2D eigenvalue weighted by Crippen LogP contribution is -2.40. The van der Waals surface area contributed by atoms with Crippen LogP contribution in [0.1, 0.15) is 109 Å². The number of carbonyl (C=O) groups is 2. The van der Waals surface area contributed by atoms with Crippen LogP contribution in [-0.4, -0.2) is 16.1 Å². The molecule has 39 heavy (non-hydrogen) atoms. The summed E-state index contributed by atoms with van der Waals surface area (Å²) in [6.07, 6.45) is 15.5. The van der Waals surface area contributed by atoms with Crippen molar-refractivity contribution in [2.75, 3.05) is 0 Å². The Morgan fingerprint density at radius 2 is 1.28 bits per heavy atom. The average molecular weight is 522 g/mol. The van der Waals surface area contributed by atoms with Crippen LogP contribution in [0, 0.1) is 0 Å². The molecule has 0 saturated heterocycles. The highest BCUT2D eigenvalue weighted by Gasteiger charge is 2.40. The van der Waals surface area contributed by atoms with Crippen LogP contribution in [-0.2, 0) is 19.5 Å². The van der Waals surface area contributed by atoms with E-state index >= 15 is 0 Å². The van der Waals surface area contributed by atoms with Gasteiger partial charge in [0.2, 0.25) is 29.3 Å². The topological polar surface area (TPSA) is 43.0 Å². The van der Waals surface area contributed by atoms with Crippen LogP contribution < -0.4 is 4.57 Å². The van der Waals surface area contributed by atoms with E-state index in [1.165, 1.54) is 67.7 Å². The number of imidazole rings is 1. The molecular weight excluding hydrogens is 480 g/mol. The number of hydrogen-bond donors (Lipinski definition) is 0. The molecule has 0 amide bonds. The molecule has 3 aromatic carbocycles. The number of unbranched alkanes of at least 4 members (excludes halogenated alkanes) is 9. The molecule has 1 aliphatic carbocycles. The van der Waals surface area contributed by atoms with E-state index in [-0.39, 0.29) is 11.6 Å². The predicted molar refractivity (Wildman–Crippen MR) is 157 cm³/mol. The first-order valence-electron chi connectivity index (χ1n) is 15.0. The highest BCUT2D eigenvalue weighted by molar-refractivity contribution is 6.26. The normalized spacial score (nSPS) is 12.6. The first-order chi connectivity index (χ1) is 19.2. The van der Waals surface area contributed by atoms with Gasteiger partial charge in [-0.1, -0.05) is 125 Å². The maximum Gasteiger partial charge on any atom is 0.244 e. The van der Waals surface area contributed by atoms with Gasteiger partial charge in [-0.15, -0.1) is 0 Å².